The molecule has 1 saturated carbocycles. The lowest BCUT2D eigenvalue weighted by Crippen LogP contribution is -2.34. The quantitative estimate of drug-likeness (QED) is 0.821. The number of carbonyl (C=O) groups excluding carboxylic acids is 1. The monoisotopic (exact) mass is 238 g/mol. The molecule has 1 fully saturated rings. The molecule has 3 nitrogen and oxygen atoms in total. The zero-order chi connectivity index (χ0) is 11.6. The Morgan fingerprint density at radius 3 is 2.75 bits per heavy atom. The molecule has 0 radical (unpaired) electrons. The Bertz CT molecular complexity index is 382. The maximum Gasteiger partial charge on any atom is 0.261 e. The molecule has 0 saturated heterocycles. The predicted octanol–water partition coefficient (Wildman–Crippen LogP) is 1.79. The fraction of sp³-hybridized carbons (Fsp3) is 0.583. The van der Waals surface area contributed by atoms with E-state index in [9.17, 15) is 4.79 Å². The second kappa shape index (κ2) is 4.55. The van der Waals surface area contributed by atoms with E-state index in [0.717, 1.165) is 23.5 Å². The Labute approximate surface area is 100 Å². The van der Waals surface area contributed by atoms with Crippen molar-refractivity contribution in [2.24, 2.45) is 5.41 Å². The predicted molar refractivity (Wildman–Crippen MR) is 67.0 cm³/mol. The van der Waals surface area contributed by atoms with Crippen LogP contribution in [0.15, 0.2) is 11.4 Å². The SMILES string of the molecule is CNCC1(CNC(=O)c2sccc2C)CC1. The Morgan fingerprint density at radius 1 is 1.50 bits per heavy atom. The van der Waals surface area contributed by atoms with Crippen LogP contribution < -0.4 is 10.6 Å². The van der Waals surface area contributed by atoms with Crippen molar-refractivity contribution in [1.82, 2.24) is 10.6 Å². The van der Waals surface area contributed by atoms with Gasteiger partial charge in [-0.3, -0.25) is 4.79 Å². The first-order valence-corrected chi connectivity index (χ1v) is 6.52. The summed E-state index contributed by atoms with van der Waals surface area (Å²) in [5.41, 5.74) is 1.40. The average molecular weight is 238 g/mol. The van der Waals surface area contributed by atoms with Crippen molar-refractivity contribution < 1.29 is 4.79 Å². The number of nitrogens with one attached hydrogen (secondary N) is 2. The molecular weight excluding hydrogens is 220 g/mol. The third-order valence-corrected chi connectivity index (χ3v) is 4.22. The van der Waals surface area contributed by atoms with E-state index < -0.39 is 0 Å². The Kier molecular flexibility index (Phi) is 3.30. The second-order valence-corrected chi connectivity index (χ2v) is 5.56. The molecule has 0 atom stereocenters. The van der Waals surface area contributed by atoms with Crippen LogP contribution in [-0.4, -0.2) is 26.0 Å². The van der Waals surface area contributed by atoms with E-state index in [2.05, 4.69) is 10.6 Å². The second-order valence-electron chi connectivity index (χ2n) is 4.65. The van der Waals surface area contributed by atoms with E-state index in [1.807, 2.05) is 25.4 Å². The molecule has 1 aliphatic carbocycles. The third-order valence-electron chi connectivity index (χ3n) is 3.20. The van der Waals surface area contributed by atoms with Crippen molar-refractivity contribution in [3.63, 3.8) is 0 Å². The van der Waals surface area contributed by atoms with Gasteiger partial charge in [0.05, 0.1) is 4.88 Å². The lowest BCUT2D eigenvalue weighted by molar-refractivity contribution is 0.0948. The molecular formula is C12H18N2OS. The minimum atomic E-state index is 0.0786. The molecule has 0 unspecified atom stereocenters. The summed E-state index contributed by atoms with van der Waals surface area (Å²) in [5, 5.41) is 8.20. The fourth-order valence-corrected chi connectivity index (χ4v) is 2.76. The molecule has 1 amide bonds. The highest BCUT2D eigenvalue weighted by molar-refractivity contribution is 7.12. The van der Waals surface area contributed by atoms with Gasteiger partial charge in [0.2, 0.25) is 0 Å². The van der Waals surface area contributed by atoms with Crippen LogP contribution in [0.4, 0.5) is 0 Å². The summed E-state index contributed by atoms with van der Waals surface area (Å²) in [5.74, 6) is 0.0786. The lowest BCUT2D eigenvalue weighted by atomic mass is 10.1. The van der Waals surface area contributed by atoms with Crippen LogP contribution in [0.25, 0.3) is 0 Å². The number of aryl methyl sites for hydroxylation is 1. The first-order valence-electron chi connectivity index (χ1n) is 5.64. The van der Waals surface area contributed by atoms with Gasteiger partial charge >= 0.3 is 0 Å². The summed E-state index contributed by atoms with van der Waals surface area (Å²) in [4.78, 5) is 12.7. The van der Waals surface area contributed by atoms with Gasteiger partial charge in [-0.25, -0.2) is 0 Å². The lowest BCUT2D eigenvalue weighted by Gasteiger charge is -2.15. The summed E-state index contributed by atoms with van der Waals surface area (Å²) in [7, 11) is 1.96. The maximum atomic E-state index is 11.9. The van der Waals surface area contributed by atoms with Crippen molar-refractivity contribution in [2.45, 2.75) is 19.8 Å². The van der Waals surface area contributed by atoms with Crippen LogP contribution >= 0.6 is 11.3 Å². The van der Waals surface area contributed by atoms with Gasteiger partial charge in [-0.15, -0.1) is 11.3 Å². The number of amides is 1. The molecule has 1 aliphatic rings. The van der Waals surface area contributed by atoms with Crippen molar-refractivity contribution in [3.8, 4) is 0 Å². The molecule has 0 spiro atoms. The van der Waals surface area contributed by atoms with E-state index in [1.165, 1.54) is 24.2 Å². The van der Waals surface area contributed by atoms with E-state index in [-0.39, 0.29) is 5.91 Å². The molecule has 1 aromatic rings. The van der Waals surface area contributed by atoms with Gasteiger partial charge in [-0.1, -0.05) is 0 Å². The zero-order valence-corrected chi connectivity index (χ0v) is 10.6. The molecule has 0 aliphatic heterocycles. The van der Waals surface area contributed by atoms with Crippen molar-refractivity contribution in [1.29, 1.82) is 0 Å². The van der Waals surface area contributed by atoms with Gasteiger partial charge in [-0.05, 0) is 43.8 Å². The van der Waals surface area contributed by atoms with Crippen LogP contribution in [0.1, 0.15) is 28.1 Å². The van der Waals surface area contributed by atoms with Crippen molar-refractivity contribution >= 4 is 17.2 Å². The van der Waals surface area contributed by atoms with Crippen LogP contribution in [0.5, 0.6) is 0 Å². The van der Waals surface area contributed by atoms with E-state index in [1.54, 1.807) is 0 Å². The van der Waals surface area contributed by atoms with Crippen molar-refractivity contribution in [2.75, 3.05) is 20.1 Å². The van der Waals surface area contributed by atoms with E-state index in [0.29, 0.717) is 5.41 Å². The highest BCUT2D eigenvalue weighted by Gasteiger charge is 2.41. The molecule has 0 aromatic carbocycles. The van der Waals surface area contributed by atoms with Crippen LogP contribution in [0.3, 0.4) is 0 Å². The first kappa shape index (κ1) is 11.6. The molecule has 1 aromatic heterocycles. The molecule has 88 valence electrons. The summed E-state index contributed by atoms with van der Waals surface area (Å²) >= 11 is 1.51. The van der Waals surface area contributed by atoms with Gasteiger partial charge in [0.15, 0.2) is 0 Å². The van der Waals surface area contributed by atoms with Gasteiger partial charge in [0.1, 0.15) is 0 Å². The Morgan fingerprint density at radius 2 is 2.25 bits per heavy atom. The molecule has 0 bridgehead atoms. The largest absolute Gasteiger partial charge is 0.351 e. The average Bonchev–Trinajstić information content (AvgIpc) is 2.89. The zero-order valence-electron chi connectivity index (χ0n) is 9.80. The van der Waals surface area contributed by atoms with Crippen molar-refractivity contribution in [3.05, 3.63) is 21.9 Å². The van der Waals surface area contributed by atoms with E-state index >= 15 is 0 Å². The Balaban J connectivity index is 1.87. The summed E-state index contributed by atoms with van der Waals surface area (Å²) in [6, 6.07) is 1.99. The first-order chi connectivity index (χ1) is 7.67. The van der Waals surface area contributed by atoms with E-state index in [4.69, 9.17) is 0 Å². The maximum absolute atomic E-state index is 11.9. The highest BCUT2D eigenvalue weighted by Crippen LogP contribution is 2.44. The number of thiophene rings is 1. The third kappa shape index (κ3) is 2.44. The molecule has 2 N–H and O–H groups in total. The molecule has 4 heteroatoms. The Hall–Kier alpha value is -0.870. The minimum absolute atomic E-state index is 0.0786. The topological polar surface area (TPSA) is 41.1 Å². The molecule has 2 rings (SSSR count). The van der Waals surface area contributed by atoms with Gasteiger partial charge in [-0.2, -0.15) is 0 Å². The summed E-state index contributed by atoms with van der Waals surface area (Å²) in [6.07, 6.45) is 2.44. The number of hydrogen-bond acceptors (Lipinski definition) is 3. The van der Waals surface area contributed by atoms with Gasteiger partial charge in [0.25, 0.3) is 5.91 Å². The normalized spacial score (nSPS) is 17.1. The minimum Gasteiger partial charge on any atom is -0.351 e. The smallest absolute Gasteiger partial charge is 0.261 e. The standard InChI is InChI=1S/C12H18N2OS/c1-9-3-6-16-10(9)11(15)14-8-12(4-5-12)7-13-2/h3,6,13H,4-5,7-8H2,1-2H3,(H,14,15). The fourth-order valence-electron chi connectivity index (χ4n) is 1.92. The highest BCUT2D eigenvalue weighted by atomic mass is 32.1. The number of hydrogen-bond donors (Lipinski definition) is 2. The number of rotatable bonds is 5. The van der Waals surface area contributed by atoms with Crippen LogP contribution in [0.2, 0.25) is 0 Å². The van der Waals surface area contributed by atoms with Crippen LogP contribution in [0, 0.1) is 12.3 Å². The molecule has 1 heterocycles. The van der Waals surface area contributed by atoms with Crippen LogP contribution in [-0.2, 0) is 0 Å². The number of carbonyl (C=O) groups is 1. The summed E-state index contributed by atoms with van der Waals surface area (Å²) in [6.45, 7) is 3.77. The molecule has 16 heavy (non-hydrogen) atoms. The van der Waals surface area contributed by atoms with Gasteiger partial charge < -0.3 is 10.6 Å². The summed E-state index contributed by atoms with van der Waals surface area (Å²) < 4.78 is 0. The van der Waals surface area contributed by atoms with Gasteiger partial charge in [0, 0.05) is 18.5 Å².